The third-order valence-corrected chi connectivity index (χ3v) is 4.55. The number of halogens is 1. The first-order valence-corrected chi connectivity index (χ1v) is 9.03. The molecule has 0 unspecified atom stereocenters. The van der Waals surface area contributed by atoms with Crippen LogP contribution in [0.3, 0.4) is 0 Å². The molecule has 3 aromatic carbocycles. The number of nitrogens with one attached hydrogen (secondary N) is 1. The van der Waals surface area contributed by atoms with E-state index in [4.69, 9.17) is 21.3 Å². The van der Waals surface area contributed by atoms with Crippen molar-refractivity contribution in [1.29, 1.82) is 0 Å². The molecule has 1 N–H and O–H groups in total. The van der Waals surface area contributed by atoms with Gasteiger partial charge in [-0.2, -0.15) is 0 Å². The summed E-state index contributed by atoms with van der Waals surface area (Å²) in [7, 11) is 0. The molecule has 2 heterocycles. The third kappa shape index (κ3) is 3.10. The number of hydrogen-bond acceptors (Lipinski definition) is 5. The van der Waals surface area contributed by atoms with E-state index in [1.54, 1.807) is 18.5 Å². The molecule has 5 aromatic rings. The lowest BCUT2D eigenvalue weighted by atomic mass is 10.3. The lowest BCUT2D eigenvalue weighted by Gasteiger charge is -2.10. The van der Waals surface area contributed by atoms with Crippen molar-refractivity contribution in [3.05, 3.63) is 84.1 Å². The SMILES string of the molecule is Clc1ccc(Oc2ccc(Nc3nc4ccccc4n4cnnc34)cc2)cc1. The molecule has 0 spiro atoms. The van der Waals surface area contributed by atoms with Gasteiger partial charge >= 0.3 is 0 Å². The monoisotopic (exact) mass is 387 g/mol. The van der Waals surface area contributed by atoms with Crippen molar-refractivity contribution in [2.24, 2.45) is 0 Å². The van der Waals surface area contributed by atoms with Crippen molar-refractivity contribution >= 4 is 39.8 Å². The minimum absolute atomic E-state index is 0.641. The second-order valence-corrected chi connectivity index (χ2v) is 6.62. The van der Waals surface area contributed by atoms with Crippen molar-refractivity contribution in [2.75, 3.05) is 5.32 Å². The molecule has 6 nitrogen and oxygen atoms in total. The van der Waals surface area contributed by atoms with Crippen LogP contribution < -0.4 is 10.1 Å². The van der Waals surface area contributed by atoms with Gasteiger partial charge in [-0.3, -0.25) is 4.40 Å². The normalized spacial score (nSPS) is 11.0. The maximum Gasteiger partial charge on any atom is 0.204 e. The van der Waals surface area contributed by atoms with E-state index in [0.29, 0.717) is 16.5 Å². The Balaban J connectivity index is 1.43. The van der Waals surface area contributed by atoms with Crippen molar-refractivity contribution in [1.82, 2.24) is 19.6 Å². The molecule has 0 fully saturated rings. The van der Waals surface area contributed by atoms with Crippen molar-refractivity contribution in [3.63, 3.8) is 0 Å². The molecule has 5 rings (SSSR count). The first kappa shape index (κ1) is 16.5. The summed E-state index contributed by atoms with van der Waals surface area (Å²) in [5.74, 6) is 2.10. The highest BCUT2D eigenvalue weighted by Crippen LogP contribution is 2.27. The Morgan fingerprint density at radius 3 is 2.36 bits per heavy atom. The fourth-order valence-corrected chi connectivity index (χ4v) is 3.10. The van der Waals surface area contributed by atoms with E-state index in [9.17, 15) is 0 Å². The molecule has 0 aliphatic heterocycles. The zero-order valence-corrected chi connectivity index (χ0v) is 15.3. The van der Waals surface area contributed by atoms with Crippen LogP contribution in [0.4, 0.5) is 11.5 Å². The third-order valence-electron chi connectivity index (χ3n) is 4.30. The van der Waals surface area contributed by atoms with E-state index in [0.717, 1.165) is 28.2 Å². The average molecular weight is 388 g/mol. The van der Waals surface area contributed by atoms with Gasteiger partial charge in [-0.05, 0) is 60.7 Å². The first-order valence-electron chi connectivity index (χ1n) is 8.65. The van der Waals surface area contributed by atoms with Crippen LogP contribution >= 0.6 is 11.6 Å². The van der Waals surface area contributed by atoms with Crippen LogP contribution in [0.1, 0.15) is 0 Å². The molecule has 28 heavy (non-hydrogen) atoms. The Morgan fingerprint density at radius 1 is 0.857 bits per heavy atom. The zero-order chi connectivity index (χ0) is 18.9. The summed E-state index contributed by atoms with van der Waals surface area (Å²) < 4.78 is 7.74. The molecule has 7 heteroatoms. The smallest absolute Gasteiger partial charge is 0.204 e. The topological polar surface area (TPSA) is 64.3 Å². The predicted molar refractivity (Wildman–Crippen MR) is 110 cm³/mol. The molecule has 0 aliphatic rings. The highest BCUT2D eigenvalue weighted by Gasteiger charge is 2.10. The van der Waals surface area contributed by atoms with E-state index in [1.165, 1.54) is 0 Å². The summed E-state index contributed by atoms with van der Waals surface area (Å²) >= 11 is 5.90. The highest BCUT2D eigenvalue weighted by atomic mass is 35.5. The van der Waals surface area contributed by atoms with Gasteiger partial charge in [-0.1, -0.05) is 23.7 Å². The van der Waals surface area contributed by atoms with Crippen LogP contribution in [0.5, 0.6) is 11.5 Å². The van der Waals surface area contributed by atoms with Gasteiger partial charge in [0.25, 0.3) is 0 Å². The lowest BCUT2D eigenvalue weighted by molar-refractivity contribution is 0.483. The van der Waals surface area contributed by atoms with Gasteiger partial charge in [-0.25, -0.2) is 4.98 Å². The molecule has 0 amide bonds. The summed E-state index contributed by atoms with van der Waals surface area (Å²) in [4.78, 5) is 4.69. The number of hydrogen-bond donors (Lipinski definition) is 1. The van der Waals surface area contributed by atoms with Gasteiger partial charge in [-0.15, -0.1) is 10.2 Å². The van der Waals surface area contributed by atoms with E-state index >= 15 is 0 Å². The van der Waals surface area contributed by atoms with Crippen LogP contribution in [0.25, 0.3) is 16.7 Å². The van der Waals surface area contributed by atoms with Crippen molar-refractivity contribution in [3.8, 4) is 11.5 Å². The number of anilines is 2. The van der Waals surface area contributed by atoms with Crippen molar-refractivity contribution < 1.29 is 4.74 Å². The van der Waals surface area contributed by atoms with Crippen LogP contribution in [0.2, 0.25) is 5.02 Å². The number of benzene rings is 3. The minimum atomic E-state index is 0.641. The first-order chi connectivity index (χ1) is 13.8. The number of aromatic nitrogens is 4. The predicted octanol–water partition coefficient (Wildman–Crippen LogP) is 5.47. The Bertz CT molecular complexity index is 1270. The fourth-order valence-electron chi connectivity index (χ4n) is 2.97. The van der Waals surface area contributed by atoms with E-state index in [2.05, 4.69) is 15.5 Å². The molecule has 0 radical (unpaired) electrons. The van der Waals surface area contributed by atoms with Crippen LogP contribution in [-0.2, 0) is 0 Å². The molecular weight excluding hydrogens is 374 g/mol. The Morgan fingerprint density at radius 2 is 1.57 bits per heavy atom. The minimum Gasteiger partial charge on any atom is -0.457 e. The highest BCUT2D eigenvalue weighted by molar-refractivity contribution is 6.30. The summed E-state index contributed by atoms with van der Waals surface area (Å²) in [5.41, 5.74) is 3.36. The quantitative estimate of drug-likeness (QED) is 0.443. The maximum absolute atomic E-state index is 5.90. The largest absolute Gasteiger partial charge is 0.457 e. The zero-order valence-electron chi connectivity index (χ0n) is 14.6. The fraction of sp³-hybridized carbons (Fsp3) is 0. The summed E-state index contributed by atoms with van der Waals surface area (Å²) in [6, 6.07) is 22.7. The Labute approximate surface area is 165 Å². The Kier molecular flexibility index (Phi) is 4.03. The number of fused-ring (bicyclic) bond motifs is 3. The molecule has 0 atom stereocenters. The van der Waals surface area contributed by atoms with Gasteiger partial charge in [0, 0.05) is 10.7 Å². The van der Waals surface area contributed by atoms with E-state index in [1.807, 2.05) is 65.1 Å². The van der Waals surface area contributed by atoms with E-state index in [-0.39, 0.29) is 0 Å². The molecule has 0 saturated heterocycles. The molecule has 136 valence electrons. The maximum atomic E-state index is 5.90. The molecule has 0 aliphatic carbocycles. The number of rotatable bonds is 4. The van der Waals surface area contributed by atoms with Crippen LogP contribution in [0, 0.1) is 0 Å². The second kappa shape index (κ2) is 6.83. The lowest BCUT2D eigenvalue weighted by Crippen LogP contribution is -1.99. The van der Waals surface area contributed by atoms with Gasteiger partial charge in [0.1, 0.15) is 17.8 Å². The second-order valence-electron chi connectivity index (χ2n) is 6.18. The van der Waals surface area contributed by atoms with Gasteiger partial charge in [0.2, 0.25) is 5.65 Å². The van der Waals surface area contributed by atoms with Crippen LogP contribution in [0.15, 0.2) is 79.1 Å². The van der Waals surface area contributed by atoms with Crippen molar-refractivity contribution in [2.45, 2.75) is 0 Å². The summed E-state index contributed by atoms with van der Waals surface area (Å²) in [6.45, 7) is 0. The van der Waals surface area contributed by atoms with Gasteiger partial charge in [0.15, 0.2) is 5.82 Å². The molecule has 0 bridgehead atoms. The standard InChI is InChI=1S/C21H14ClN5O/c22-14-5-9-16(10-6-14)28-17-11-7-15(8-12-17)24-20-21-26-23-13-27(21)19-4-2-1-3-18(19)25-20/h1-13H,(H,24,25). The van der Waals surface area contributed by atoms with Gasteiger partial charge in [0.05, 0.1) is 11.0 Å². The molecular formula is C21H14ClN5O. The van der Waals surface area contributed by atoms with Crippen LogP contribution in [-0.4, -0.2) is 19.6 Å². The summed E-state index contributed by atoms with van der Waals surface area (Å²) in [5, 5.41) is 12.2. The number of para-hydroxylation sites is 2. The Hall–Kier alpha value is -3.64. The molecule has 0 saturated carbocycles. The molecule has 2 aromatic heterocycles. The number of ether oxygens (including phenoxy) is 1. The average Bonchev–Trinajstić information content (AvgIpc) is 3.22. The number of nitrogens with zero attached hydrogens (tertiary/aromatic N) is 4. The van der Waals surface area contributed by atoms with E-state index < -0.39 is 0 Å². The summed E-state index contributed by atoms with van der Waals surface area (Å²) in [6.07, 6.45) is 1.69. The van der Waals surface area contributed by atoms with Gasteiger partial charge < -0.3 is 10.1 Å².